The first-order chi connectivity index (χ1) is 17.2. The Kier molecular flexibility index (Phi) is 6.33. The van der Waals surface area contributed by atoms with Crippen LogP contribution < -0.4 is 16.4 Å². The summed E-state index contributed by atoms with van der Waals surface area (Å²) < 4.78 is 34.8. The van der Waals surface area contributed by atoms with Gasteiger partial charge in [0.15, 0.2) is 0 Å². The number of H-pyrrole nitrogens is 1. The van der Waals surface area contributed by atoms with E-state index in [0.29, 0.717) is 16.5 Å². The van der Waals surface area contributed by atoms with Gasteiger partial charge in [-0.2, -0.15) is 0 Å². The van der Waals surface area contributed by atoms with Gasteiger partial charge in [-0.05, 0) is 34.5 Å². The van der Waals surface area contributed by atoms with Gasteiger partial charge in [-0.3, -0.25) is 9.59 Å². The van der Waals surface area contributed by atoms with E-state index in [1.807, 2.05) is 42.5 Å². The second-order valence-electron chi connectivity index (χ2n) is 8.49. The fourth-order valence-electron chi connectivity index (χ4n) is 4.55. The molecule has 1 aromatic heterocycles. The smallest absolute Gasteiger partial charge is 0.270 e. The molecule has 1 aliphatic rings. The van der Waals surface area contributed by atoms with Gasteiger partial charge in [0, 0.05) is 35.0 Å². The Morgan fingerprint density at radius 2 is 1.86 bits per heavy atom. The predicted octanol–water partition coefficient (Wildman–Crippen LogP) is 2.59. The molecule has 4 aromatic rings. The van der Waals surface area contributed by atoms with Crippen molar-refractivity contribution in [3.05, 3.63) is 76.4 Å². The number of aromatic nitrogens is 1. The summed E-state index contributed by atoms with van der Waals surface area (Å²) in [6.45, 7) is 0.146. The number of hydrogen-bond donors (Lipinski definition) is 4. The number of ether oxygens (including phenoxy) is 1. The fourth-order valence-corrected chi connectivity index (χ4v) is 6.96. The zero-order chi connectivity index (χ0) is 25.5. The van der Waals surface area contributed by atoms with Crippen LogP contribution >= 0.6 is 15.9 Å². The van der Waals surface area contributed by atoms with Crippen LogP contribution in [0.1, 0.15) is 16.1 Å². The number of aromatic amines is 1. The monoisotopic (exact) mass is 570 g/mol. The summed E-state index contributed by atoms with van der Waals surface area (Å²) in [4.78, 5) is 26.1. The minimum absolute atomic E-state index is 0.0150. The molecule has 0 bridgehead atoms. The van der Waals surface area contributed by atoms with E-state index in [1.165, 1.54) is 0 Å². The van der Waals surface area contributed by atoms with Crippen LogP contribution in [0.25, 0.3) is 21.7 Å². The Balaban J connectivity index is 1.59. The van der Waals surface area contributed by atoms with Gasteiger partial charge >= 0.3 is 0 Å². The number of carbonyl (C=O) groups is 2. The van der Waals surface area contributed by atoms with E-state index in [0.717, 1.165) is 16.3 Å². The van der Waals surface area contributed by atoms with Crippen LogP contribution in [0.5, 0.6) is 0 Å². The molecule has 1 atom stereocenters. The van der Waals surface area contributed by atoms with Gasteiger partial charge in [-0.15, -0.1) is 0 Å². The molecule has 0 radical (unpaired) electrons. The Bertz CT molecular complexity index is 1600. The number of fused-ring (bicyclic) bond motifs is 2. The molecule has 9 nitrogen and oxygen atoms in total. The van der Waals surface area contributed by atoms with Gasteiger partial charge < -0.3 is 26.1 Å². The molecule has 11 heteroatoms. The lowest BCUT2D eigenvalue weighted by Crippen LogP contribution is -2.63. The summed E-state index contributed by atoms with van der Waals surface area (Å²) in [5, 5.41) is 7.89. The Morgan fingerprint density at radius 3 is 2.61 bits per heavy atom. The van der Waals surface area contributed by atoms with E-state index in [2.05, 4.69) is 31.5 Å². The van der Waals surface area contributed by atoms with Gasteiger partial charge in [-0.1, -0.05) is 58.4 Å². The van der Waals surface area contributed by atoms with Gasteiger partial charge in [0.05, 0.1) is 6.61 Å². The van der Waals surface area contributed by atoms with E-state index in [-0.39, 0.29) is 35.7 Å². The summed E-state index contributed by atoms with van der Waals surface area (Å²) in [6.07, 6.45) is 0. The van der Waals surface area contributed by atoms with Crippen molar-refractivity contribution in [1.29, 1.82) is 0 Å². The molecule has 0 saturated carbocycles. The minimum Gasteiger partial charge on any atom is -0.364 e. The van der Waals surface area contributed by atoms with Gasteiger partial charge in [0.2, 0.25) is 9.84 Å². The number of morpholine rings is 1. The summed E-state index contributed by atoms with van der Waals surface area (Å²) in [5.74, 6) is -1.79. The largest absolute Gasteiger partial charge is 0.364 e. The normalized spacial score (nSPS) is 18.4. The van der Waals surface area contributed by atoms with Crippen molar-refractivity contribution in [2.24, 2.45) is 5.73 Å². The quantitative estimate of drug-likeness (QED) is 0.280. The highest BCUT2D eigenvalue weighted by Crippen LogP contribution is 2.37. The SMILES string of the molecule is NC(=O)c1[nH]c2ccc(Br)cc2c1S(=O)(=O)C1(C(=O)NCc2cccc3ccccc23)CNCCO1. The number of nitrogens with two attached hydrogens (primary N) is 1. The number of primary amides is 1. The molecule has 1 aliphatic heterocycles. The minimum atomic E-state index is -4.60. The molecule has 3 aromatic carbocycles. The number of sulfone groups is 1. The maximum atomic E-state index is 14.2. The first-order valence-corrected chi connectivity index (χ1v) is 13.5. The molecule has 5 rings (SSSR count). The highest BCUT2D eigenvalue weighted by molar-refractivity contribution is 9.10. The third-order valence-corrected chi connectivity index (χ3v) is 9.07. The zero-order valence-electron chi connectivity index (χ0n) is 19.0. The van der Waals surface area contributed by atoms with Crippen molar-refractivity contribution in [1.82, 2.24) is 15.6 Å². The van der Waals surface area contributed by atoms with Crippen molar-refractivity contribution >= 4 is 59.3 Å². The van der Waals surface area contributed by atoms with Crippen molar-refractivity contribution in [2.45, 2.75) is 16.4 Å². The van der Waals surface area contributed by atoms with Crippen LogP contribution in [0.3, 0.4) is 0 Å². The maximum Gasteiger partial charge on any atom is 0.270 e. The molecule has 0 aliphatic carbocycles. The number of carbonyl (C=O) groups excluding carboxylic acids is 2. The standard InChI is InChI=1S/C25H23BrN4O5S/c26-17-8-9-20-19(12-17)22(21(30-20)23(27)31)36(33,34)25(14-28-10-11-35-25)24(32)29-13-16-6-3-5-15-4-1-2-7-18(15)16/h1-9,12,28,30H,10-11,13-14H2,(H2,27,31)(H,29,32). The van der Waals surface area contributed by atoms with E-state index >= 15 is 0 Å². The Labute approximate surface area is 215 Å². The molecule has 2 heterocycles. The number of amides is 2. The molecule has 2 amide bonds. The Morgan fingerprint density at radius 1 is 1.08 bits per heavy atom. The lowest BCUT2D eigenvalue weighted by Gasteiger charge is -2.35. The van der Waals surface area contributed by atoms with E-state index in [9.17, 15) is 18.0 Å². The predicted molar refractivity (Wildman–Crippen MR) is 139 cm³/mol. The average Bonchev–Trinajstić information content (AvgIpc) is 3.27. The number of rotatable bonds is 6. The second kappa shape index (κ2) is 9.32. The number of benzene rings is 3. The summed E-state index contributed by atoms with van der Waals surface area (Å²) in [5.41, 5.74) is 6.45. The molecule has 1 unspecified atom stereocenters. The van der Waals surface area contributed by atoms with Crippen molar-refractivity contribution in [2.75, 3.05) is 19.7 Å². The van der Waals surface area contributed by atoms with Crippen LogP contribution in [0, 0.1) is 0 Å². The first kappa shape index (κ1) is 24.4. The topological polar surface area (TPSA) is 143 Å². The number of hydrogen-bond acceptors (Lipinski definition) is 6. The lowest BCUT2D eigenvalue weighted by molar-refractivity contribution is -0.139. The van der Waals surface area contributed by atoms with Crippen LogP contribution in [0.15, 0.2) is 70.0 Å². The van der Waals surface area contributed by atoms with Crippen molar-refractivity contribution in [3.8, 4) is 0 Å². The molecular formula is C25H23BrN4O5S. The second-order valence-corrected chi connectivity index (χ2v) is 11.5. The zero-order valence-corrected chi connectivity index (χ0v) is 21.4. The maximum absolute atomic E-state index is 14.2. The number of nitrogens with one attached hydrogen (secondary N) is 3. The lowest BCUT2D eigenvalue weighted by atomic mass is 10.0. The molecule has 5 N–H and O–H groups in total. The van der Waals surface area contributed by atoms with Crippen molar-refractivity contribution in [3.63, 3.8) is 0 Å². The van der Waals surface area contributed by atoms with Crippen LogP contribution in [0.2, 0.25) is 0 Å². The van der Waals surface area contributed by atoms with E-state index in [1.54, 1.807) is 18.2 Å². The molecule has 0 spiro atoms. The van der Waals surface area contributed by atoms with Gasteiger partial charge in [-0.25, -0.2) is 8.42 Å². The number of halogens is 1. The third-order valence-electron chi connectivity index (χ3n) is 6.30. The third kappa shape index (κ3) is 3.97. The highest BCUT2D eigenvalue weighted by Gasteiger charge is 2.55. The molecule has 36 heavy (non-hydrogen) atoms. The molecular weight excluding hydrogens is 548 g/mol. The fraction of sp³-hybridized carbons (Fsp3) is 0.200. The van der Waals surface area contributed by atoms with Gasteiger partial charge in [0.25, 0.3) is 16.7 Å². The van der Waals surface area contributed by atoms with E-state index in [4.69, 9.17) is 10.5 Å². The average molecular weight is 571 g/mol. The summed E-state index contributed by atoms with van der Waals surface area (Å²) >= 11 is 3.34. The summed E-state index contributed by atoms with van der Waals surface area (Å²) in [6, 6.07) is 18.3. The first-order valence-electron chi connectivity index (χ1n) is 11.2. The summed E-state index contributed by atoms with van der Waals surface area (Å²) in [7, 11) is -4.60. The molecule has 1 saturated heterocycles. The van der Waals surface area contributed by atoms with Crippen LogP contribution in [0.4, 0.5) is 0 Å². The molecule has 1 fully saturated rings. The molecule has 186 valence electrons. The van der Waals surface area contributed by atoms with Crippen molar-refractivity contribution < 1.29 is 22.7 Å². The van der Waals surface area contributed by atoms with E-state index < -0.39 is 26.6 Å². The van der Waals surface area contributed by atoms with Crippen LogP contribution in [-0.2, 0) is 25.9 Å². The van der Waals surface area contributed by atoms with Gasteiger partial charge in [0.1, 0.15) is 10.6 Å². The highest BCUT2D eigenvalue weighted by atomic mass is 79.9. The Hall–Kier alpha value is -3.25. The van der Waals surface area contributed by atoms with Crippen LogP contribution in [-0.4, -0.2) is 49.8 Å².